The van der Waals surface area contributed by atoms with E-state index in [0.29, 0.717) is 11.8 Å². The minimum absolute atomic E-state index is 0.0103. The number of esters is 1. The first-order chi connectivity index (χ1) is 18.9. The summed E-state index contributed by atoms with van der Waals surface area (Å²) >= 11 is 0. The Morgan fingerprint density at radius 1 is 0.821 bits per heavy atom. The van der Waals surface area contributed by atoms with Crippen LogP contribution in [0.4, 0.5) is 13.2 Å². The van der Waals surface area contributed by atoms with Crippen molar-refractivity contribution >= 4 is 5.97 Å². The molecular weight excluding hydrogens is 501 g/mol. The SMILES string of the molecule is CCCC1CCC(CCC2CCC(/C=C/C3CCC(C(=O)Oc4ccc(OC(F)F)c(F)c4)CC3)CC2)CC1. The summed E-state index contributed by atoms with van der Waals surface area (Å²) in [5, 5.41) is 0. The van der Waals surface area contributed by atoms with Gasteiger partial charge in [0.2, 0.25) is 0 Å². The number of ether oxygens (including phenoxy) is 2. The quantitative estimate of drug-likeness (QED) is 0.157. The van der Waals surface area contributed by atoms with E-state index in [-0.39, 0.29) is 17.6 Å². The number of alkyl halides is 2. The molecule has 0 radical (unpaired) electrons. The van der Waals surface area contributed by atoms with Gasteiger partial charge in [-0.3, -0.25) is 4.79 Å². The first-order valence-electron chi connectivity index (χ1n) is 15.5. The molecule has 3 aliphatic rings. The van der Waals surface area contributed by atoms with E-state index >= 15 is 0 Å². The van der Waals surface area contributed by atoms with Crippen LogP contribution in [0.5, 0.6) is 11.5 Å². The molecule has 0 saturated heterocycles. The summed E-state index contributed by atoms with van der Waals surface area (Å²) in [7, 11) is 0. The largest absolute Gasteiger partial charge is 0.432 e. The van der Waals surface area contributed by atoms with E-state index in [1.165, 1.54) is 83.1 Å². The predicted octanol–water partition coefficient (Wildman–Crippen LogP) is 9.89. The molecule has 0 heterocycles. The fraction of sp³-hybridized carbons (Fsp3) is 0.727. The van der Waals surface area contributed by atoms with Gasteiger partial charge in [-0.1, -0.05) is 70.4 Å². The van der Waals surface area contributed by atoms with E-state index in [4.69, 9.17) is 4.74 Å². The molecule has 39 heavy (non-hydrogen) atoms. The Hall–Kier alpha value is -1.98. The first kappa shape index (κ1) is 30.0. The van der Waals surface area contributed by atoms with Crippen molar-refractivity contribution in [2.75, 3.05) is 0 Å². The number of carbonyl (C=O) groups excluding carboxylic acids is 1. The molecule has 0 N–H and O–H groups in total. The van der Waals surface area contributed by atoms with E-state index in [1.54, 1.807) is 0 Å². The van der Waals surface area contributed by atoms with Gasteiger partial charge >= 0.3 is 12.6 Å². The van der Waals surface area contributed by atoms with Gasteiger partial charge in [0, 0.05) is 6.07 Å². The molecule has 4 rings (SSSR count). The molecule has 0 unspecified atom stereocenters. The molecule has 3 fully saturated rings. The van der Waals surface area contributed by atoms with Crippen LogP contribution in [0.2, 0.25) is 0 Å². The summed E-state index contributed by atoms with van der Waals surface area (Å²) in [5.41, 5.74) is 0. The van der Waals surface area contributed by atoms with Crippen LogP contribution >= 0.6 is 0 Å². The average Bonchev–Trinajstić information content (AvgIpc) is 2.94. The second-order valence-electron chi connectivity index (χ2n) is 12.4. The highest BCUT2D eigenvalue weighted by Gasteiger charge is 2.28. The van der Waals surface area contributed by atoms with Crippen molar-refractivity contribution in [3.63, 3.8) is 0 Å². The molecule has 0 aliphatic heterocycles. The molecule has 3 saturated carbocycles. The van der Waals surface area contributed by atoms with Crippen LogP contribution in [0.25, 0.3) is 0 Å². The molecule has 3 nitrogen and oxygen atoms in total. The third-order valence-electron chi connectivity index (χ3n) is 9.64. The van der Waals surface area contributed by atoms with Crippen LogP contribution in [0.1, 0.15) is 110 Å². The number of rotatable bonds is 11. The van der Waals surface area contributed by atoms with Gasteiger partial charge in [0.15, 0.2) is 11.6 Å². The van der Waals surface area contributed by atoms with Gasteiger partial charge in [-0.05, 0) is 93.1 Å². The lowest BCUT2D eigenvalue weighted by atomic mass is 9.74. The molecule has 0 bridgehead atoms. The van der Waals surface area contributed by atoms with Gasteiger partial charge in [0.05, 0.1) is 5.92 Å². The van der Waals surface area contributed by atoms with Crippen molar-refractivity contribution in [2.45, 2.75) is 116 Å². The van der Waals surface area contributed by atoms with Crippen molar-refractivity contribution in [2.24, 2.45) is 35.5 Å². The van der Waals surface area contributed by atoms with E-state index in [2.05, 4.69) is 23.8 Å². The normalized spacial score (nSPS) is 30.0. The van der Waals surface area contributed by atoms with Crippen LogP contribution in [0, 0.1) is 41.3 Å². The third-order valence-corrected chi connectivity index (χ3v) is 9.64. The van der Waals surface area contributed by atoms with Crippen LogP contribution in [-0.4, -0.2) is 12.6 Å². The maximum atomic E-state index is 13.9. The lowest BCUT2D eigenvalue weighted by Crippen LogP contribution is -2.25. The monoisotopic (exact) mass is 548 g/mol. The second-order valence-corrected chi connectivity index (χ2v) is 12.4. The highest BCUT2D eigenvalue weighted by molar-refractivity contribution is 5.75. The average molecular weight is 549 g/mol. The fourth-order valence-electron chi connectivity index (χ4n) is 7.16. The van der Waals surface area contributed by atoms with E-state index < -0.39 is 18.2 Å². The van der Waals surface area contributed by atoms with Crippen molar-refractivity contribution in [3.05, 3.63) is 36.2 Å². The van der Waals surface area contributed by atoms with E-state index in [0.717, 1.165) is 55.6 Å². The highest BCUT2D eigenvalue weighted by atomic mass is 19.3. The molecule has 0 atom stereocenters. The Kier molecular flexibility index (Phi) is 11.6. The Morgan fingerprint density at radius 2 is 1.33 bits per heavy atom. The lowest BCUT2D eigenvalue weighted by molar-refractivity contribution is -0.140. The topological polar surface area (TPSA) is 35.5 Å². The van der Waals surface area contributed by atoms with Crippen LogP contribution in [0.15, 0.2) is 30.4 Å². The number of benzene rings is 1. The molecule has 218 valence electrons. The predicted molar refractivity (Wildman–Crippen MR) is 148 cm³/mol. The molecule has 0 spiro atoms. The van der Waals surface area contributed by atoms with Crippen LogP contribution in [-0.2, 0) is 4.79 Å². The number of hydrogen-bond acceptors (Lipinski definition) is 3. The number of allylic oxidation sites excluding steroid dienone is 2. The summed E-state index contributed by atoms with van der Waals surface area (Å²) in [6, 6.07) is 3.25. The fourth-order valence-corrected chi connectivity index (χ4v) is 7.16. The molecule has 1 aromatic carbocycles. The van der Waals surface area contributed by atoms with Crippen molar-refractivity contribution in [1.82, 2.24) is 0 Å². The highest BCUT2D eigenvalue weighted by Crippen LogP contribution is 2.38. The third kappa shape index (κ3) is 9.56. The zero-order chi connectivity index (χ0) is 27.6. The van der Waals surface area contributed by atoms with Gasteiger partial charge in [0.25, 0.3) is 0 Å². The van der Waals surface area contributed by atoms with Gasteiger partial charge in [-0.25, -0.2) is 4.39 Å². The van der Waals surface area contributed by atoms with E-state index in [9.17, 15) is 18.0 Å². The smallest absolute Gasteiger partial charge is 0.387 e. The number of halogens is 3. The standard InChI is InChI=1S/C33H47F3O3/c1-2-3-23-4-6-24(7-5-23)8-9-25-10-12-26(13-11-25)14-15-27-16-18-28(19-17-27)32(37)38-29-20-21-31(30(34)22-29)39-33(35)36/h14-15,20-28,33H,2-13,16-19H2,1H3/b15-14+. The first-order valence-corrected chi connectivity index (χ1v) is 15.5. The number of hydrogen-bond donors (Lipinski definition) is 0. The van der Waals surface area contributed by atoms with Gasteiger partial charge < -0.3 is 9.47 Å². The van der Waals surface area contributed by atoms with E-state index in [1.807, 2.05) is 0 Å². The second kappa shape index (κ2) is 15.1. The summed E-state index contributed by atoms with van der Waals surface area (Å²) in [5.74, 6) is 1.97. The minimum atomic E-state index is -3.11. The minimum Gasteiger partial charge on any atom is -0.432 e. The van der Waals surface area contributed by atoms with Crippen LogP contribution in [0.3, 0.4) is 0 Å². The zero-order valence-electron chi connectivity index (χ0n) is 23.6. The molecular formula is C33H47F3O3. The van der Waals surface area contributed by atoms with Crippen molar-refractivity contribution in [3.8, 4) is 11.5 Å². The van der Waals surface area contributed by atoms with Crippen molar-refractivity contribution in [1.29, 1.82) is 0 Å². The summed E-state index contributed by atoms with van der Waals surface area (Å²) in [4.78, 5) is 12.6. The molecule has 0 amide bonds. The molecule has 3 aliphatic carbocycles. The van der Waals surface area contributed by atoms with Gasteiger partial charge in [-0.15, -0.1) is 0 Å². The summed E-state index contributed by atoms with van der Waals surface area (Å²) in [6.07, 6.45) is 25.1. The maximum Gasteiger partial charge on any atom is 0.387 e. The Labute approximate surface area is 232 Å². The van der Waals surface area contributed by atoms with Gasteiger partial charge in [-0.2, -0.15) is 8.78 Å². The Bertz CT molecular complexity index is 909. The molecule has 0 aromatic heterocycles. The van der Waals surface area contributed by atoms with Crippen LogP contribution < -0.4 is 9.47 Å². The Morgan fingerprint density at radius 3 is 1.85 bits per heavy atom. The molecule has 6 heteroatoms. The maximum absolute atomic E-state index is 13.9. The zero-order valence-corrected chi connectivity index (χ0v) is 23.6. The van der Waals surface area contributed by atoms with Crippen molar-refractivity contribution < 1.29 is 27.4 Å². The molecule has 1 aromatic rings. The van der Waals surface area contributed by atoms with Gasteiger partial charge in [0.1, 0.15) is 5.75 Å². The lowest BCUT2D eigenvalue weighted by Gasteiger charge is -2.31. The Balaban J connectivity index is 1.10. The summed E-state index contributed by atoms with van der Waals surface area (Å²) < 4.78 is 47.9. The number of carbonyl (C=O) groups is 1. The summed E-state index contributed by atoms with van der Waals surface area (Å²) in [6.45, 7) is -0.793.